The maximum absolute atomic E-state index is 12.9. The molecule has 1 aliphatic rings. The Morgan fingerprint density at radius 3 is 2.66 bits per heavy atom. The van der Waals surface area contributed by atoms with Gasteiger partial charge in [-0.25, -0.2) is 9.37 Å². The number of aromatic nitrogens is 3. The van der Waals surface area contributed by atoms with Crippen molar-refractivity contribution in [3.63, 3.8) is 0 Å². The van der Waals surface area contributed by atoms with Crippen LogP contribution in [-0.4, -0.2) is 40.5 Å². The maximum atomic E-state index is 12.9. The highest BCUT2D eigenvalue weighted by Gasteiger charge is 2.20. The number of halogens is 1. The van der Waals surface area contributed by atoms with Gasteiger partial charge in [-0.1, -0.05) is 0 Å². The predicted octanol–water partition coefficient (Wildman–Crippen LogP) is 4.02. The number of benzene rings is 1. The number of alkyl halides is 1. The number of H-pyrrole nitrogens is 1. The van der Waals surface area contributed by atoms with E-state index in [-0.39, 0.29) is 5.91 Å². The average Bonchev–Trinajstić information content (AvgIpc) is 3.43. The number of nitrogens with zero attached hydrogens (tertiary/aromatic N) is 3. The first kappa shape index (κ1) is 18.9. The number of amides is 1. The number of anilines is 2. The van der Waals surface area contributed by atoms with Crippen LogP contribution < -0.4 is 15.0 Å². The molecule has 1 aliphatic heterocycles. The number of nitrogens with one attached hydrogen (secondary N) is 2. The molecule has 2 N–H and O–H groups in total. The molecule has 2 aromatic heterocycles. The molecule has 1 saturated heterocycles. The van der Waals surface area contributed by atoms with E-state index in [0.717, 1.165) is 43.0 Å². The molecule has 0 aliphatic carbocycles. The van der Waals surface area contributed by atoms with Crippen LogP contribution in [0.3, 0.4) is 0 Å². The fraction of sp³-hybridized carbons (Fsp3) is 0.286. The van der Waals surface area contributed by atoms with Crippen LogP contribution in [0.25, 0.3) is 11.3 Å². The molecule has 4 rings (SSSR count). The van der Waals surface area contributed by atoms with Crippen LogP contribution in [0.5, 0.6) is 5.75 Å². The molecular formula is C21H22FN5O2. The van der Waals surface area contributed by atoms with Gasteiger partial charge in [0.25, 0.3) is 5.91 Å². The van der Waals surface area contributed by atoms with Crippen molar-refractivity contribution in [2.75, 3.05) is 23.3 Å². The molecule has 7 nitrogen and oxygen atoms in total. The molecule has 0 radical (unpaired) electrons. The lowest BCUT2D eigenvalue weighted by atomic mass is 10.1. The first-order chi connectivity index (χ1) is 14.1. The summed E-state index contributed by atoms with van der Waals surface area (Å²) >= 11 is 0. The predicted molar refractivity (Wildman–Crippen MR) is 109 cm³/mol. The quantitative estimate of drug-likeness (QED) is 0.659. The lowest BCUT2D eigenvalue weighted by molar-refractivity contribution is 0.0860. The Labute approximate surface area is 167 Å². The Morgan fingerprint density at radius 2 is 2.00 bits per heavy atom. The summed E-state index contributed by atoms with van der Waals surface area (Å²) in [6, 6.07) is 10.2. The average molecular weight is 395 g/mol. The Morgan fingerprint density at radius 1 is 1.24 bits per heavy atom. The number of hydrogen-bond acceptors (Lipinski definition) is 5. The van der Waals surface area contributed by atoms with Crippen molar-refractivity contribution in [1.82, 2.24) is 15.2 Å². The zero-order chi connectivity index (χ0) is 20.2. The lowest BCUT2D eigenvalue weighted by Crippen LogP contribution is -2.21. The van der Waals surface area contributed by atoms with E-state index in [4.69, 9.17) is 4.74 Å². The number of carbonyl (C=O) groups excluding carboxylic acids is 1. The standard InChI is InChI=1S/C21H22FN5O2/c1-14(22)29-17-6-4-16(5-7-17)25-21(28)15-12-18(19-8-9-24-26-19)20(23-13-15)27-10-2-3-11-27/h4-9,12-14H,2-3,10-11H2,1H3,(H,24,26)(H,25,28). The van der Waals surface area contributed by atoms with Crippen molar-refractivity contribution >= 4 is 17.4 Å². The smallest absolute Gasteiger partial charge is 0.257 e. The number of pyridine rings is 1. The molecule has 0 saturated carbocycles. The Hall–Kier alpha value is -3.42. The number of hydrogen-bond donors (Lipinski definition) is 2. The number of carbonyl (C=O) groups is 1. The summed E-state index contributed by atoms with van der Waals surface area (Å²) in [7, 11) is 0. The van der Waals surface area contributed by atoms with Gasteiger partial charge in [-0.3, -0.25) is 9.89 Å². The van der Waals surface area contributed by atoms with Gasteiger partial charge in [0, 0.05) is 43.7 Å². The fourth-order valence-electron chi connectivity index (χ4n) is 3.37. The van der Waals surface area contributed by atoms with Crippen molar-refractivity contribution in [2.24, 2.45) is 0 Å². The summed E-state index contributed by atoms with van der Waals surface area (Å²) in [5, 5.41) is 9.82. The van der Waals surface area contributed by atoms with E-state index in [9.17, 15) is 9.18 Å². The van der Waals surface area contributed by atoms with Crippen LogP contribution in [0.4, 0.5) is 15.9 Å². The van der Waals surface area contributed by atoms with E-state index in [2.05, 4.69) is 25.4 Å². The Kier molecular flexibility index (Phi) is 5.41. The van der Waals surface area contributed by atoms with Crippen LogP contribution in [0.2, 0.25) is 0 Å². The highest BCUT2D eigenvalue weighted by molar-refractivity contribution is 6.05. The lowest BCUT2D eigenvalue weighted by Gasteiger charge is -2.20. The van der Waals surface area contributed by atoms with Gasteiger partial charge >= 0.3 is 0 Å². The van der Waals surface area contributed by atoms with E-state index >= 15 is 0 Å². The molecule has 1 unspecified atom stereocenters. The largest absolute Gasteiger partial charge is 0.461 e. The van der Waals surface area contributed by atoms with Gasteiger partial charge in [-0.2, -0.15) is 5.10 Å². The van der Waals surface area contributed by atoms with Crippen LogP contribution >= 0.6 is 0 Å². The van der Waals surface area contributed by atoms with E-state index in [1.54, 1.807) is 36.7 Å². The molecular weight excluding hydrogens is 373 g/mol. The summed E-state index contributed by atoms with van der Waals surface area (Å²) in [6.45, 7) is 3.21. The van der Waals surface area contributed by atoms with Crippen molar-refractivity contribution < 1.29 is 13.9 Å². The van der Waals surface area contributed by atoms with Gasteiger partial charge in [0.2, 0.25) is 6.36 Å². The normalized spacial score (nSPS) is 14.6. The highest BCUT2D eigenvalue weighted by Crippen LogP contribution is 2.31. The zero-order valence-corrected chi connectivity index (χ0v) is 16.1. The summed E-state index contributed by atoms with van der Waals surface area (Å²) in [4.78, 5) is 19.6. The van der Waals surface area contributed by atoms with Crippen molar-refractivity contribution in [1.29, 1.82) is 0 Å². The Bertz CT molecular complexity index is 967. The second kappa shape index (κ2) is 8.30. The maximum Gasteiger partial charge on any atom is 0.257 e. The third-order valence-electron chi connectivity index (χ3n) is 4.74. The van der Waals surface area contributed by atoms with Crippen LogP contribution in [0.15, 0.2) is 48.8 Å². The van der Waals surface area contributed by atoms with Gasteiger partial charge in [0.15, 0.2) is 0 Å². The fourth-order valence-corrected chi connectivity index (χ4v) is 3.37. The number of ether oxygens (including phenoxy) is 1. The highest BCUT2D eigenvalue weighted by atomic mass is 19.1. The van der Waals surface area contributed by atoms with Gasteiger partial charge in [-0.15, -0.1) is 0 Å². The molecule has 8 heteroatoms. The van der Waals surface area contributed by atoms with E-state index in [1.807, 2.05) is 12.1 Å². The molecule has 0 bridgehead atoms. The summed E-state index contributed by atoms with van der Waals surface area (Å²) in [5.74, 6) is 0.972. The van der Waals surface area contributed by atoms with Gasteiger partial charge < -0.3 is 15.0 Å². The van der Waals surface area contributed by atoms with Crippen molar-refractivity contribution in [3.8, 4) is 17.0 Å². The molecule has 3 heterocycles. The summed E-state index contributed by atoms with van der Waals surface area (Å²) in [5.41, 5.74) is 2.68. The van der Waals surface area contributed by atoms with Gasteiger partial charge in [0.05, 0.1) is 11.3 Å². The van der Waals surface area contributed by atoms with Crippen LogP contribution in [0.1, 0.15) is 30.1 Å². The molecule has 150 valence electrons. The van der Waals surface area contributed by atoms with E-state index in [0.29, 0.717) is 17.0 Å². The molecule has 0 spiro atoms. The third-order valence-corrected chi connectivity index (χ3v) is 4.74. The van der Waals surface area contributed by atoms with Crippen LogP contribution in [-0.2, 0) is 0 Å². The second-order valence-corrected chi connectivity index (χ2v) is 6.90. The minimum absolute atomic E-state index is 0.279. The number of aromatic amines is 1. The number of rotatable bonds is 6. The third kappa shape index (κ3) is 4.37. The molecule has 1 atom stereocenters. The van der Waals surface area contributed by atoms with E-state index in [1.165, 1.54) is 6.92 Å². The van der Waals surface area contributed by atoms with E-state index < -0.39 is 6.36 Å². The van der Waals surface area contributed by atoms with Gasteiger partial charge in [0.1, 0.15) is 11.6 Å². The van der Waals surface area contributed by atoms with Gasteiger partial charge in [-0.05, 0) is 49.2 Å². The topological polar surface area (TPSA) is 83.1 Å². The first-order valence-electron chi connectivity index (χ1n) is 9.57. The molecule has 29 heavy (non-hydrogen) atoms. The van der Waals surface area contributed by atoms with Crippen molar-refractivity contribution in [3.05, 3.63) is 54.4 Å². The minimum Gasteiger partial charge on any atom is -0.461 e. The zero-order valence-electron chi connectivity index (χ0n) is 16.1. The molecule has 3 aromatic rings. The summed E-state index contributed by atoms with van der Waals surface area (Å²) in [6.07, 6.45) is 4.14. The molecule has 1 aromatic carbocycles. The molecule has 1 amide bonds. The first-order valence-corrected chi connectivity index (χ1v) is 9.57. The van der Waals surface area contributed by atoms with Crippen molar-refractivity contribution in [2.45, 2.75) is 26.1 Å². The SMILES string of the molecule is CC(F)Oc1ccc(NC(=O)c2cnc(N3CCCC3)c(-c3ccn[nH]3)c2)cc1. The van der Waals surface area contributed by atoms with Crippen LogP contribution in [0, 0.1) is 0 Å². The Balaban J connectivity index is 1.56. The monoisotopic (exact) mass is 395 g/mol. The second-order valence-electron chi connectivity index (χ2n) is 6.90. The molecule has 1 fully saturated rings. The summed E-state index contributed by atoms with van der Waals surface area (Å²) < 4.78 is 17.9. The minimum atomic E-state index is -1.39.